The van der Waals surface area contributed by atoms with Crippen LogP contribution in [0.4, 0.5) is 0 Å². The van der Waals surface area contributed by atoms with Crippen molar-refractivity contribution in [2.75, 3.05) is 13.8 Å². The van der Waals surface area contributed by atoms with Gasteiger partial charge in [0.05, 0.1) is 12.8 Å². The molecule has 3 N–H and O–H groups in total. The van der Waals surface area contributed by atoms with Gasteiger partial charge in [0.1, 0.15) is 0 Å². The molecule has 1 unspecified atom stereocenters. The zero-order valence-corrected chi connectivity index (χ0v) is 7.95. The molecule has 0 aliphatic carbocycles. The monoisotopic (exact) mass is 174 g/mol. The highest BCUT2D eigenvalue weighted by Gasteiger charge is 2.20. The van der Waals surface area contributed by atoms with Crippen LogP contribution in [0.25, 0.3) is 0 Å². The molecule has 0 fully saturated rings. The van der Waals surface area contributed by atoms with Crippen molar-refractivity contribution in [1.82, 2.24) is 4.90 Å². The number of hydrogen-bond acceptors (Lipinski definition) is 3. The number of aliphatic hydroxyl groups excluding tert-OH is 1. The number of primary amides is 1. The molecule has 0 aromatic heterocycles. The zero-order valence-electron chi connectivity index (χ0n) is 7.95. The van der Waals surface area contributed by atoms with Crippen molar-refractivity contribution >= 4 is 5.91 Å². The number of carbonyl (C=O) groups is 1. The maximum Gasteiger partial charge on any atom is 0.234 e. The SMILES string of the molecule is CC(C)CC(C(N)=O)N(C)CO. The molecule has 72 valence electrons. The van der Waals surface area contributed by atoms with Crippen molar-refractivity contribution < 1.29 is 9.90 Å². The second-order valence-corrected chi connectivity index (χ2v) is 3.45. The lowest BCUT2D eigenvalue weighted by Gasteiger charge is -2.24. The summed E-state index contributed by atoms with van der Waals surface area (Å²) >= 11 is 0. The van der Waals surface area contributed by atoms with Gasteiger partial charge in [-0.3, -0.25) is 9.69 Å². The lowest BCUT2D eigenvalue weighted by atomic mass is 10.0. The molecule has 0 heterocycles. The molecule has 0 bridgehead atoms. The molecule has 0 spiro atoms. The largest absolute Gasteiger partial charge is 0.381 e. The average Bonchev–Trinajstić information content (AvgIpc) is 1.98. The van der Waals surface area contributed by atoms with Gasteiger partial charge in [0.25, 0.3) is 0 Å². The molecule has 1 amide bonds. The lowest BCUT2D eigenvalue weighted by molar-refractivity contribution is -0.124. The maximum absolute atomic E-state index is 10.9. The molecule has 4 heteroatoms. The highest BCUT2D eigenvalue weighted by atomic mass is 16.3. The van der Waals surface area contributed by atoms with Gasteiger partial charge in [-0.25, -0.2) is 0 Å². The van der Waals surface area contributed by atoms with Crippen LogP contribution in [0.3, 0.4) is 0 Å². The minimum atomic E-state index is -0.375. The quantitative estimate of drug-likeness (QED) is 0.566. The summed E-state index contributed by atoms with van der Waals surface area (Å²) in [5.74, 6) is 0.0248. The molecule has 0 aromatic rings. The molecule has 1 atom stereocenters. The Hall–Kier alpha value is -0.610. The van der Waals surface area contributed by atoms with E-state index < -0.39 is 0 Å². The summed E-state index contributed by atoms with van der Waals surface area (Å²) in [5.41, 5.74) is 5.17. The van der Waals surface area contributed by atoms with E-state index in [0.29, 0.717) is 12.3 Å². The van der Waals surface area contributed by atoms with Crippen LogP contribution in [0.15, 0.2) is 0 Å². The molecule has 4 nitrogen and oxygen atoms in total. The van der Waals surface area contributed by atoms with E-state index >= 15 is 0 Å². The fraction of sp³-hybridized carbons (Fsp3) is 0.875. The number of amides is 1. The number of hydrogen-bond donors (Lipinski definition) is 2. The van der Waals surface area contributed by atoms with Crippen LogP contribution in [0.2, 0.25) is 0 Å². The molecule has 0 aliphatic rings. The third-order valence-electron chi connectivity index (χ3n) is 1.78. The van der Waals surface area contributed by atoms with Crippen LogP contribution < -0.4 is 5.73 Å². The van der Waals surface area contributed by atoms with Crippen molar-refractivity contribution in [3.05, 3.63) is 0 Å². The van der Waals surface area contributed by atoms with Crippen LogP contribution in [-0.4, -0.2) is 35.7 Å². The summed E-state index contributed by atoms with van der Waals surface area (Å²) in [6.45, 7) is 3.89. The predicted molar refractivity (Wildman–Crippen MR) is 47.3 cm³/mol. The number of nitrogens with two attached hydrogens (primary N) is 1. The molecule has 12 heavy (non-hydrogen) atoms. The Balaban J connectivity index is 4.13. The zero-order chi connectivity index (χ0) is 9.72. The van der Waals surface area contributed by atoms with Crippen LogP contribution in [0.1, 0.15) is 20.3 Å². The standard InChI is InChI=1S/C8H18N2O2/c1-6(2)4-7(8(9)12)10(3)5-11/h6-7,11H,4-5H2,1-3H3,(H2,9,12). The van der Waals surface area contributed by atoms with Crippen LogP contribution in [0, 0.1) is 5.92 Å². The highest BCUT2D eigenvalue weighted by molar-refractivity contribution is 5.79. The Kier molecular flexibility index (Phi) is 4.85. The predicted octanol–water partition coefficient (Wildman–Crippen LogP) is -0.232. The van der Waals surface area contributed by atoms with Gasteiger partial charge >= 0.3 is 0 Å². The Bertz CT molecular complexity index is 148. The van der Waals surface area contributed by atoms with Gasteiger partial charge in [0.2, 0.25) is 5.91 Å². The molecule has 0 saturated heterocycles. The Labute approximate surface area is 73.3 Å². The third kappa shape index (κ3) is 3.69. The van der Waals surface area contributed by atoms with E-state index in [-0.39, 0.29) is 18.7 Å². The first-order valence-corrected chi connectivity index (χ1v) is 4.09. The molecule has 0 rings (SSSR count). The normalized spacial score (nSPS) is 13.8. The van der Waals surface area contributed by atoms with Gasteiger partial charge in [-0.05, 0) is 19.4 Å². The molecule has 0 aliphatic heterocycles. The third-order valence-corrected chi connectivity index (χ3v) is 1.78. The average molecular weight is 174 g/mol. The van der Waals surface area contributed by atoms with Gasteiger partial charge in [-0.2, -0.15) is 0 Å². The topological polar surface area (TPSA) is 66.6 Å². The number of rotatable bonds is 5. The number of carbonyl (C=O) groups excluding carboxylic acids is 1. The number of aliphatic hydroxyl groups is 1. The summed E-state index contributed by atoms with van der Waals surface area (Å²) < 4.78 is 0. The molecular formula is C8H18N2O2. The molecule has 0 saturated carbocycles. The Morgan fingerprint density at radius 1 is 1.58 bits per heavy atom. The van der Waals surface area contributed by atoms with Crippen molar-refractivity contribution in [2.45, 2.75) is 26.3 Å². The van der Waals surface area contributed by atoms with E-state index in [1.807, 2.05) is 13.8 Å². The summed E-state index contributed by atoms with van der Waals surface area (Å²) in [6.07, 6.45) is 0.687. The van der Waals surface area contributed by atoms with Gasteiger partial charge in [0.15, 0.2) is 0 Å². The smallest absolute Gasteiger partial charge is 0.234 e. The van der Waals surface area contributed by atoms with Crippen LogP contribution >= 0.6 is 0 Å². The minimum absolute atomic E-state index is 0.139. The first kappa shape index (κ1) is 11.4. The van der Waals surface area contributed by atoms with E-state index in [1.165, 1.54) is 0 Å². The molecule has 0 radical (unpaired) electrons. The minimum Gasteiger partial charge on any atom is -0.381 e. The number of nitrogens with zero attached hydrogens (tertiary/aromatic N) is 1. The van der Waals surface area contributed by atoms with Crippen LogP contribution in [-0.2, 0) is 4.79 Å². The maximum atomic E-state index is 10.9. The first-order chi connectivity index (χ1) is 5.49. The van der Waals surface area contributed by atoms with Gasteiger partial charge in [-0.1, -0.05) is 13.8 Å². The summed E-state index contributed by atoms with van der Waals surface area (Å²) in [6, 6.07) is -0.352. The van der Waals surface area contributed by atoms with Gasteiger partial charge < -0.3 is 10.8 Å². The van der Waals surface area contributed by atoms with E-state index in [1.54, 1.807) is 11.9 Å². The molecular weight excluding hydrogens is 156 g/mol. The lowest BCUT2D eigenvalue weighted by Crippen LogP contribution is -2.43. The van der Waals surface area contributed by atoms with Crippen molar-refractivity contribution in [1.29, 1.82) is 0 Å². The Morgan fingerprint density at radius 2 is 2.08 bits per heavy atom. The summed E-state index contributed by atoms with van der Waals surface area (Å²) in [5, 5.41) is 8.79. The fourth-order valence-electron chi connectivity index (χ4n) is 1.06. The highest BCUT2D eigenvalue weighted by Crippen LogP contribution is 2.08. The summed E-state index contributed by atoms with van der Waals surface area (Å²) in [4.78, 5) is 12.4. The Morgan fingerprint density at radius 3 is 2.33 bits per heavy atom. The van der Waals surface area contributed by atoms with Gasteiger partial charge in [-0.15, -0.1) is 0 Å². The second kappa shape index (κ2) is 5.11. The van der Waals surface area contributed by atoms with Crippen molar-refractivity contribution in [3.63, 3.8) is 0 Å². The van der Waals surface area contributed by atoms with E-state index in [4.69, 9.17) is 10.8 Å². The molecule has 0 aromatic carbocycles. The van der Waals surface area contributed by atoms with Crippen molar-refractivity contribution in [2.24, 2.45) is 11.7 Å². The summed E-state index contributed by atoms with van der Waals surface area (Å²) in [7, 11) is 1.68. The van der Waals surface area contributed by atoms with Gasteiger partial charge in [0, 0.05) is 0 Å². The van der Waals surface area contributed by atoms with Crippen molar-refractivity contribution in [3.8, 4) is 0 Å². The van der Waals surface area contributed by atoms with E-state index in [9.17, 15) is 4.79 Å². The van der Waals surface area contributed by atoms with Crippen LogP contribution in [0.5, 0.6) is 0 Å². The van der Waals surface area contributed by atoms with E-state index in [0.717, 1.165) is 0 Å². The first-order valence-electron chi connectivity index (χ1n) is 4.09. The van der Waals surface area contributed by atoms with E-state index in [2.05, 4.69) is 0 Å². The number of likely N-dealkylation sites (N-methyl/N-ethyl adjacent to an activating group) is 1. The second-order valence-electron chi connectivity index (χ2n) is 3.45. The fourth-order valence-corrected chi connectivity index (χ4v) is 1.06.